The second kappa shape index (κ2) is 5.42. The highest BCUT2D eigenvalue weighted by molar-refractivity contribution is 6.30. The van der Waals surface area contributed by atoms with E-state index in [0.29, 0.717) is 11.3 Å². The molecule has 0 aliphatic carbocycles. The van der Waals surface area contributed by atoms with Gasteiger partial charge in [0.15, 0.2) is 0 Å². The normalized spacial score (nSPS) is 10.4. The van der Waals surface area contributed by atoms with Gasteiger partial charge in [-0.05, 0) is 25.1 Å². The zero-order valence-corrected chi connectivity index (χ0v) is 11.4. The maximum absolute atomic E-state index is 13.1. The van der Waals surface area contributed by atoms with Crippen molar-refractivity contribution in [3.63, 3.8) is 0 Å². The third-order valence-electron chi connectivity index (χ3n) is 2.64. The molecule has 0 bridgehead atoms. The van der Waals surface area contributed by atoms with Crippen molar-refractivity contribution in [2.45, 2.75) is 6.92 Å². The van der Waals surface area contributed by atoms with Crippen LogP contribution in [0.1, 0.15) is 16.1 Å². The molecule has 0 saturated heterocycles. The van der Waals surface area contributed by atoms with Crippen molar-refractivity contribution in [3.8, 4) is 5.69 Å². The number of carbonyl (C=O) groups is 1. The average Bonchev–Trinajstić information content (AvgIpc) is 2.44. The van der Waals surface area contributed by atoms with E-state index in [9.17, 15) is 14.0 Å². The molecular weight excluding hydrogens is 287 g/mol. The van der Waals surface area contributed by atoms with Gasteiger partial charge in [-0.3, -0.25) is 4.79 Å². The molecule has 1 aromatic heterocycles. The number of ether oxygens (including phenoxy) is 1. The molecule has 1 aromatic carbocycles. The first-order valence-electron chi connectivity index (χ1n) is 5.58. The SMILES string of the molecule is COC(=O)c1nn(-c2ccc(F)c(Cl)c2)cc(C)c1=O. The summed E-state index contributed by atoms with van der Waals surface area (Å²) in [7, 11) is 1.16. The Bertz CT molecular complexity index is 743. The van der Waals surface area contributed by atoms with Gasteiger partial charge in [0.05, 0.1) is 17.8 Å². The van der Waals surface area contributed by atoms with Gasteiger partial charge in [-0.2, -0.15) is 5.10 Å². The fourth-order valence-corrected chi connectivity index (χ4v) is 1.78. The molecule has 20 heavy (non-hydrogen) atoms. The number of esters is 1. The van der Waals surface area contributed by atoms with Crippen molar-refractivity contribution in [1.29, 1.82) is 0 Å². The molecular formula is C13H10ClFN2O3. The third kappa shape index (κ3) is 2.55. The summed E-state index contributed by atoms with van der Waals surface area (Å²) in [6.45, 7) is 1.54. The van der Waals surface area contributed by atoms with Crippen LogP contribution in [-0.4, -0.2) is 22.9 Å². The van der Waals surface area contributed by atoms with Crippen LogP contribution < -0.4 is 5.43 Å². The quantitative estimate of drug-likeness (QED) is 0.797. The van der Waals surface area contributed by atoms with Crippen LogP contribution in [-0.2, 0) is 4.74 Å². The molecule has 0 aliphatic rings. The Labute approximate surface area is 118 Å². The number of halogens is 2. The van der Waals surface area contributed by atoms with Gasteiger partial charge in [0, 0.05) is 11.8 Å². The maximum atomic E-state index is 13.1. The summed E-state index contributed by atoms with van der Waals surface area (Å²) in [5.41, 5.74) is -0.125. The summed E-state index contributed by atoms with van der Waals surface area (Å²) >= 11 is 5.69. The molecule has 0 N–H and O–H groups in total. The van der Waals surface area contributed by atoms with Crippen molar-refractivity contribution in [3.05, 3.63) is 56.7 Å². The van der Waals surface area contributed by atoms with Crippen molar-refractivity contribution < 1.29 is 13.9 Å². The van der Waals surface area contributed by atoms with Crippen molar-refractivity contribution >= 4 is 17.6 Å². The molecule has 0 aliphatic heterocycles. The predicted octanol–water partition coefficient (Wildman–Crippen LogP) is 2.12. The molecule has 7 heteroatoms. The van der Waals surface area contributed by atoms with E-state index in [0.717, 1.165) is 7.11 Å². The summed E-state index contributed by atoms with van der Waals surface area (Å²) in [4.78, 5) is 23.3. The standard InChI is InChI=1S/C13H10ClFN2O3/c1-7-6-17(8-3-4-10(15)9(14)5-8)16-11(12(7)18)13(19)20-2/h3-6H,1-2H3. The van der Waals surface area contributed by atoms with Gasteiger partial charge in [-0.15, -0.1) is 0 Å². The summed E-state index contributed by atoms with van der Waals surface area (Å²) in [5.74, 6) is -1.40. The molecule has 5 nitrogen and oxygen atoms in total. The number of benzene rings is 1. The van der Waals surface area contributed by atoms with Gasteiger partial charge in [0.2, 0.25) is 11.1 Å². The van der Waals surface area contributed by atoms with Crippen LogP contribution in [0, 0.1) is 12.7 Å². The highest BCUT2D eigenvalue weighted by Gasteiger charge is 2.16. The van der Waals surface area contributed by atoms with E-state index < -0.39 is 17.2 Å². The fraction of sp³-hybridized carbons (Fsp3) is 0.154. The van der Waals surface area contributed by atoms with Crippen LogP contribution >= 0.6 is 11.6 Å². The lowest BCUT2D eigenvalue weighted by Crippen LogP contribution is -2.24. The maximum Gasteiger partial charge on any atom is 0.362 e. The smallest absolute Gasteiger partial charge is 0.362 e. The Balaban J connectivity index is 2.63. The lowest BCUT2D eigenvalue weighted by atomic mass is 10.2. The van der Waals surface area contributed by atoms with Crippen LogP contribution in [0.3, 0.4) is 0 Å². The number of carbonyl (C=O) groups excluding carboxylic acids is 1. The Morgan fingerprint density at radius 1 is 1.45 bits per heavy atom. The van der Waals surface area contributed by atoms with E-state index in [1.807, 2.05) is 0 Å². The highest BCUT2D eigenvalue weighted by Crippen LogP contribution is 2.18. The predicted molar refractivity (Wildman–Crippen MR) is 70.9 cm³/mol. The number of rotatable bonds is 2. The monoisotopic (exact) mass is 296 g/mol. The summed E-state index contributed by atoms with van der Waals surface area (Å²) in [5, 5.41) is 3.81. The minimum atomic E-state index is -0.833. The van der Waals surface area contributed by atoms with Gasteiger partial charge in [-0.1, -0.05) is 11.6 Å². The van der Waals surface area contributed by atoms with Crippen molar-refractivity contribution in [1.82, 2.24) is 9.78 Å². The van der Waals surface area contributed by atoms with Crippen LogP contribution in [0.2, 0.25) is 5.02 Å². The molecule has 2 rings (SSSR count). The van der Waals surface area contributed by atoms with Gasteiger partial charge < -0.3 is 4.74 Å². The van der Waals surface area contributed by atoms with E-state index >= 15 is 0 Å². The van der Waals surface area contributed by atoms with Gasteiger partial charge in [-0.25, -0.2) is 13.9 Å². The van der Waals surface area contributed by atoms with Gasteiger partial charge in [0.25, 0.3) is 0 Å². The minimum Gasteiger partial charge on any atom is -0.464 e. The van der Waals surface area contributed by atoms with E-state index in [1.54, 1.807) is 0 Å². The Morgan fingerprint density at radius 3 is 2.75 bits per heavy atom. The highest BCUT2D eigenvalue weighted by atomic mass is 35.5. The number of hydrogen-bond acceptors (Lipinski definition) is 4. The third-order valence-corrected chi connectivity index (χ3v) is 2.93. The molecule has 104 valence electrons. The van der Waals surface area contributed by atoms with Crippen LogP contribution in [0.25, 0.3) is 5.69 Å². The number of aryl methyl sites for hydroxylation is 1. The topological polar surface area (TPSA) is 61.2 Å². The molecule has 0 saturated carbocycles. The van der Waals surface area contributed by atoms with Crippen LogP contribution in [0.5, 0.6) is 0 Å². The molecule has 0 fully saturated rings. The van der Waals surface area contributed by atoms with E-state index in [4.69, 9.17) is 11.6 Å². The van der Waals surface area contributed by atoms with Crippen molar-refractivity contribution in [2.24, 2.45) is 0 Å². The Kier molecular flexibility index (Phi) is 3.85. The Morgan fingerprint density at radius 2 is 2.15 bits per heavy atom. The van der Waals surface area contributed by atoms with Crippen LogP contribution in [0.4, 0.5) is 4.39 Å². The van der Waals surface area contributed by atoms with E-state index in [1.165, 1.54) is 36.0 Å². The number of methoxy groups -OCH3 is 1. The number of nitrogens with zero attached hydrogens (tertiary/aromatic N) is 2. The summed E-state index contributed by atoms with van der Waals surface area (Å²) in [6.07, 6.45) is 1.43. The number of hydrogen-bond donors (Lipinski definition) is 0. The molecule has 0 spiro atoms. The fourth-order valence-electron chi connectivity index (χ4n) is 1.60. The van der Waals surface area contributed by atoms with Crippen molar-refractivity contribution in [2.75, 3.05) is 7.11 Å². The lowest BCUT2D eigenvalue weighted by Gasteiger charge is -2.09. The molecule has 0 amide bonds. The lowest BCUT2D eigenvalue weighted by molar-refractivity contribution is 0.0590. The second-order valence-corrected chi connectivity index (χ2v) is 4.43. The average molecular weight is 297 g/mol. The number of aromatic nitrogens is 2. The zero-order chi connectivity index (χ0) is 14.9. The summed E-state index contributed by atoms with van der Waals surface area (Å²) in [6, 6.07) is 3.94. The Hall–Kier alpha value is -2.21. The molecule has 0 atom stereocenters. The molecule has 1 heterocycles. The summed E-state index contributed by atoms with van der Waals surface area (Å²) < 4.78 is 18.9. The minimum absolute atomic E-state index is 0.0831. The van der Waals surface area contributed by atoms with Gasteiger partial charge >= 0.3 is 5.97 Å². The van der Waals surface area contributed by atoms with Crippen LogP contribution in [0.15, 0.2) is 29.2 Å². The molecule has 2 aromatic rings. The molecule has 0 unspecified atom stereocenters. The first-order chi connectivity index (χ1) is 9.43. The van der Waals surface area contributed by atoms with Gasteiger partial charge in [0.1, 0.15) is 5.82 Å². The second-order valence-electron chi connectivity index (χ2n) is 4.02. The first-order valence-corrected chi connectivity index (χ1v) is 5.96. The van der Waals surface area contributed by atoms with E-state index in [2.05, 4.69) is 9.84 Å². The largest absolute Gasteiger partial charge is 0.464 e. The molecule has 0 radical (unpaired) electrons. The first kappa shape index (κ1) is 14.2. The van der Waals surface area contributed by atoms with E-state index in [-0.39, 0.29) is 10.7 Å². The zero-order valence-electron chi connectivity index (χ0n) is 10.7.